The van der Waals surface area contributed by atoms with Crippen molar-refractivity contribution in [3.05, 3.63) is 35.4 Å². The molecule has 0 amide bonds. The van der Waals surface area contributed by atoms with Crippen molar-refractivity contribution in [2.45, 2.75) is 13.1 Å². The summed E-state index contributed by atoms with van der Waals surface area (Å²) in [5, 5.41) is -0.0387. The summed E-state index contributed by atoms with van der Waals surface area (Å²) in [6.07, 6.45) is -1.27. The number of anilines is 1. The fourth-order valence-corrected chi connectivity index (χ4v) is 1.71. The van der Waals surface area contributed by atoms with Gasteiger partial charge in [-0.3, -0.25) is 4.79 Å². The summed E-state index contributed by atoms with van der Waals surface area (Å²) in [4.78, 5) is 10.7. The highest BCUT2D eigenvalue weighted by Gasteiger charge is 2.30. The standard InChI is InChI=1S/C12H12F3NOS/c1-8(17)18-4-2-3-9-5-10(12(13,14)15)7-11(16)6-9/h2-3,5-7H,4,16H2,1H3. The molecule has 1 rings (SSSR count). The fourth-order valence-electron chi connectivity index (χ4n) is 1.29. The van der Waals surface area contributed by atoms with Crippen molar-refractivity contribution in [3.63, 3.8) is 0 Å². The average Bonchev–Trinajstić information content (AvgIpc) is 2.22. The quantitative estimate of drug-likeness (QED) is 0.857. The minimum atomic E-state index is -4.41. The summed E-state index contributed by atoms with van der Waals surface area (Å²) in [5.41, 5.74) is 5.06. The molecule has 0 saturated heterocycles. The van der Waals surface area contributed by atoms with Crippen LogP contribution in [0.5, 0.6) is 0 Å². The van der Waals surface area contributed by atoms with Crippen LogP contribution in [-0.4, -0.2) is 10.9 Å². The molecule has 0 aliphatic heterocycles. The van der Waals surface area contributed by atoms with Crippen LogP contribution in [0.15, 0.2) is 24.3 Å². The van der Waals surface area contributed by atoms with E-state index in [-0.39, 0.29) is 10.8 Å². The van der Waals surface area contributed by atoms with E-state index < -0.39 is 11.7 Å². The van der Waals surface area contributed by atoms with Crippen molar-refractivity contribution in [3.8, 4) is 0 Å². The Balaban J connectivity index is 2.84. The normalized spacial score (nSPS) is 12.0. The molecule has 0 radical (unpaired) electrons. The molecule has 6 heteroatoms. The van der Waals surface area contributed by atoms with Crippen molar-refractivity contribution in [1.82, 2.24) is 0 Å². The van der Waals surface area contributed by atoms with Crippen molar-refractivity contribution in [2.75, 3.05) is 11.5 Å². The number of hydrogen-bond donors (Lipinski definition) is 1. The Morgan fingerprint density at radius 3 is 2.61 bits per heavy atom. The lowest BCUT2D eigenvalue weighted by atomic mass is 10.1. The van der Waals surface area contributed by atoms with E-state index in [1.54, 1.807) is 6.08 Å². The van der Waals surface area contributed by atoms with Gasteiger partial charge in [0.15, 0.2) is 5.12 Å². The summed E-state index contributed by atoms with van der Waals surface area (Å²) in [7, 11) is 0. The maximum atomic E-state index is 12.5. The van der Waals surface area contributed by atoms with E-state index in [0.717, 1.165) is 23.9 Å². The Labute approximate surface area is 107 Å². The van der Waals surface area contributed by atoms with Gasteiger partial charge in [-0.15, -0.1) is 0 Å². The molecule has 1 aromatic carbocycles. The number of alkyl halides is 3. The van der Waals surface area contributed by atoms with Gasteiger partial charge in [-0.05, 0) is 23.8 Å². The van der Waals surface area contributed by atoms with Gasteiger partial charge >= 0.3 is 6.18 Å². The van der Waals surface area contributed by atoms with Crippen LogP contribution in [0.2, 0.25) is 0 Å². The van der Waals surface area contributed by atoms with Crippen LogP contribution in [0, 0.1) is 0 Å². The third kappa shape index (κ3) is 4.83. The van der Waals surface area contributed by atoms with Crippen LogP contribution < -0.4 is 5.73 Å². The third-order valence-corrected chi connectivity index (χ3v) is 2.76. The zero-order valence-electron chi connectivity index (χ0n) is 9.62. The van der Waals surface area contributed by atoms with Crippen LogP contribution >= 0.6 is 11.8 Å². The smallest absolute Gasteiger partial charge is 0.399 e. The summed E-state index contributed by atoms with van der Waals surface area (Å²) in [6, 6.07) is 3.36. The summed E-state index contributed by atoms with van der Waals surface area (Å²) >= 11 is 1.09. The second-order valence-electron chi connectivity index (χ2n) is 3.59. The molecular formula is C12H12F3NOS. The highest BCUT2D eigenvalue weighted by Crippen LogP contribution is 2.31. The lowest BCUT2D eigenvalue weighted by molar-refractivity contribution is -0.137. The van der Waals surface area contributed by atoms with E-state index in [1.165, 1.54) is 19.1 Å². The van der Waals surface area contributed by atoms with Gasteiger partial charge in [0.25, 0.3) is 0 Å². The molecule has 0 saturated carbocycles. The minimum absolute atomic E-state index is 0.0387. The Kier molecular flexibility index (Phi) is 4.84. The van der Waals surface area contributed by atoms with Crippen molar-refractivity contribution in [2.24, 2.45) is 0 Å². The zero-order valence-corrected chi connectivity index (χ0v) is 10.4. The van der Waals surface area contributed by atoms with Crippen LogP contribution in [0.1, 0.15) is 18.1 Å². The summed E-state index contributed by atoms with van der Waals surface area (Å²) < 4.78 is 37.5. The van der Waals surface area contributed by atoms with Gasteiger partial charge in [0.2, 0.25) is 0 Å². The molecule has 0 aliphatic rings. The van der Waals surface area contributed by atoms with E-state index in [1.807, 2.05) is 0 Å². The molecule has 0 unspecified atom stereocenters. The topological polar surface area (TPSA) is 43.1 Å². The highest BCUT2D eigenvalue weighted by atomic mass is 32.2. The van der Waals surface area contributed by atoms with E-state index in [9.17, 15) is 18.0 Å². The van der Waals surface area contributed by atoms with Crippen LogP contribution in [0.3, 0.4) is 0 Å². The number of hydrogen-bond acceptors (Lipinski definition) is 3. The lowest BCUT2D eigenvalue weighted by Gasteiger charge is -2.08. The first-order valence-corrected chi connectivity index (χ1v) is 6.05. The summed E-state index contributed by atoms with van der Waals surface area (Å²) in [5.74, 6) is 0.422. The second-order valence-corrected chi connectivity index (χ2v) is 4.79. The molecule has 0 atom stereocenters. The predicted molar refractivity (Wildman–Crippen MR) is 68.0 cm³/mol. The fraction of sp³-hybridized carbons (Fsp3) is 0.250. The van der Waals surface area contributed by atoms with Crippen LogP contribution in [0.4, 0.5) is 18.9 Å². The Morgan fingerprint density at radius 2 is 2.06 bits per heavy atom. The molecule has 2 N–H and O–H groups in total. The van der Waals surface area contributed by atoms with Crippen molar-refractivity contribution < 1.29 is 18.0 Å². The second kappa shape index (κ2) is 5.95. The Morgan fingerprint density at radius 1 is 1.39 bits per heavy atom. The molecule has 0 spiro atoms. The van der Waals surface area contributed by atoms with E-state index in [2.05, 4.69) is 0 Å². The third-order valence-electron chi connectivity index (χ3n) is 2.00. The zero-order chi connectivity index (χ0) is 13.8. The van der Waals surface area contributed by atoms with Crippen molar-refractivity contribution >= 4 is 28.6 Å². The van der Waals surface area contributed by atoms with Gasteiger partial charge in [0.05, 0.1) is 5.56 Å². The molecule has 0 fully saturated rings. The molecular weight excluding hydrogens is 263 g/mol. The number of carbonyl (C=O) groups excluding carboxylic acids is 1. The number of nitrogens with two attached hydrogens (primary N) is 1. The number of thioether (sulfide) groups is 1. The first kappa shape index (κ1) is 14.6. The summed E-state index contributed by atoms with van der Waals surface area (Å²) in [6.45, 7) is 1.43. The maximum absolute atomic E-state index is 12.5. The minimum Gasteiger partial charge on any atom is -0.399 e. The number of benzene rings is 1. The SMILES string of the molecule is CC(=O)SCC=Cc1cc(N)cc(C(F)(F)F)c1. The van der Waals surface area contributed by atoms with Gasteiger partial charge in [-0.1, -0.05) is 23.9 Å². The maximum Gasteiger partial charge on any atom is 0.416 e. The molecule has 1 aromatic rings. The first-order valence-electron chi connectivity index (χ1n) is 5.06. The highest BCUT2D eigenvalue weighted by molar-refractivity contribution is 8.13. The molecule has 2 nitrogen and oxygen atoms in total. The molecule has 0 bridgehead atoms. The molecule has 0 aliphatic carbocycles. The van der Waals surface area contributed by atoms with Gasteiger partial charge in [-0.2, -0.15) is 13.2 Å². The van der Waals surface area contributed by atoms with Crippen molar-refractivity contribution in [1.29, 1.82) is 0 Å². The Bertz CT molecular complexity index is 469. The number of nitrogen functional groups attached to an aromatic ring is 1. The first-order chi connectivity index (χ1) is 8.29. The van der Waals surface area contributed by atoms with Gasteiger partial charge in [0.1, 0.15) is 0 Å². The molecule has 98 valence electrons. The molecule has 0 aromatic heterocycles. The monoisotopic (exact) mass is 275 g/mol. The van der Waals surface area contributed by atoms with E-state index in [0.29, 0.717) is 11.3 Å². The van der Waals surface area contributed by atoms with Gasteiger partial charge < -0.3 is 5.73 Å². The van der Waals surface area contributed by atoms with Crippen LogP contribution in [-0.2, 0) is 11.0 Å². The molecule has 18 heavy (non-hydrogen) atoms. The number of carbonyl (C=O) groups is 1. The lowest BCUT2D eigenvalue weighted by Crippen LogP contribution is -2.06. The van der Waals surface area contributed by atoms with Crippen LogP contribution in [0.25, 0.3) is 6.08 Å². The van der Waals surface area contributed by atoms with Gasteiger partial charge in [-0.25, -0.2) is 0 Å². The number of halogens is 3. The Hall–Kier alpha value is -1.43. The molecule has 0 heterocycles. The van der Waals surface area contributed by atoms with Gasteiger partial charge in [0, 0.05) is 18.4 Å². The number of rotatable bonds is 3. The largest absolute Gasteiger partial charge is 0.416 e. The van der Waals surface area contributed by atoms with E-state index in [4.69, 9.17) is 5.73 Å². The predicted octanol–water partition coefficient (Wildman–Crippen LogP) is 3.58. The average molecular weight is 275 g/mol. The van der Waals surface area contributed by atoms with E-state index >= 15 is 0 Å².